The van der Waals surface area contributed by atoms with Crippen LogP contribution in [0, 0.1) is 0 Å². The number of nitrogens with one attached hydrogen (secondary N) is 1. The fraction of sp³-hybridized carbons (Fsp3) is 0.231. The van der Waals surface area contributed by atoms with Crippen molar-refractivity contribution in [2.24, 2.45) is 5.73 Å². The maximum absolute atomic E-state index is 11.8. The number of imidazole rings is 1. The molecule has 1 aromatic carbocycles. The molecule has 19 heavy (non-hydrogen) atoms. The van der Waals surface area contributed by atoms with Gasteiger partial charge in [-0.2, -0.15) is 0 Å². The van der Waals surface area contributed by atoms with Gasteiger partial charge in [0.15, 0.2) is 0 Å². The normalized spacial score (nSPS) is 10.2. The SMILES string of the molecule is COc1ccc(NC(=O)Cn2cnc(CN)c2)cc1. The molecule has 3 N–H and O–H groups in total. The van der Waals surface area contributed by atoms with E-state index in [2.05, 4.69) is 10.3 Å². The Balaban J connectivity index is 1.93. The molecule has 1 heterocycles. The Morgan fingerprint density at radius 2 is 2.16 bits per heavy atom. The van der Waals surface area contributed by atoms with E-state index in [1.807, 2.05) is 0 Å². The van der Waals surface area contributed by atoms with Crippen LogP contribution in [-0.2, 0) is 17.9 Å². The Kier molecular flexibility index (Phi) is 4.15. The van der Waals surface area contributed by atoms with Crippen molar-refractivity contribution in [1.82, 2.24) is 9.55 Å². The molecular weight excluding hydrogens is 244 g/mol. The van der Waals surface area contributed by atoms with Crippen LogP contribution in [0.2, 0.25) is 0 Å². The first kappa shape index (κ1) is 13.1. The molecule has 2 aromatic rings. The highest BCUT2D eigenvalue weighted by molar-refractivity contribution is 5.90. The predicted octanol–water partition coefficient (Wildman–Crippen LogP) is 0.989. The van der Waals surface area contributed by atoms with Gasteiger partial charge in [0.1, 0.15) is 12.3 Å². The predicted molar refractivity (Wildman–Crippen MR) is 71.7 cm³/mol. The van der Waals surface area contributed by atoms with Crippen LogP contribution < -0.4 is 15.8 Å². The Bertz CT molecular complexity index is 548. The van der Waals surface area contributed by atoms with Crippen molar-refractivity contribution in [3.8, 4) is 5.75 Å². The van der Waals surface area contributed by atoms with Crippen molar-refractivity contribution in [3.63, 3.8) is 0 Å². The van der Waals surface area contributed by atoms with Gasteiger partial charge in [0.2, 0.25) is 5.91 Å². The van der Waals surface area contributed by atoms with Crippen LogP contribution in [0.1, 0.15) is 5.69 Å². The minimum Gasteiger partial charge on any atom is -0.497 e. The molecule has 2 rings (SSSR count). The third kappa shape index (κ3) is 3.56. The number of amides is 1. The van der Waals surface area contributed by atoms with Gasteiger partial charge in [0.05, 0.1) is 19.1 Å². The van der Waals surface area contributed by atoms with Crippen LogP contribution in [0.5, 0.6) is 5.75 Å². The average Bonchev–Trinajstić information content (AvgIpc) is 2.87. The number of ether oxygens (including phenoxy) is 1. The van der Waals surface area contributed by atoms with Crippen LogP contribution in [-0.4, -0.2) is 22.6 Å². The molecular formula is C13H16N4O2. The summed E-state index contributed by atoms with van der Waals surface area (Å²) in [6.45, 7) is 0.576. The lowest BCUT2D eigenvalue weighted by Crippen LogP contribution is -2.17. The van der Waals surface area contributed by atoms with Crippen LogP contribution >= 0.6 is 0 Å². The molecule has 6 heteroatoms. The van der Waals surface area contributed by atoms with E-state index in [1.165, 1.54) is 0 Å². The fourth-order valence-corrected chi connectivity index (χ4v) is 1.64. The summed E-state index contributed by atoms with van der Waals surface area (Å²) in [4.78, 5) is 15.9. The molecule has 0 aliphatic heterocycles. The molecule has 100 valence electrons. The van der Waals surface area contributed by atoms with Crippen LogP contribution in [0.3, 0.4) is 0 Å². The average molecular weight is 260 g/mol. The topological polar surface area (TPSA) is 82.2 Å². The number of anilines is 1. The summed E-state index contributed by atoms with van der Waals surface area (Å²) in [5.41, 5.74) is 6.94. The molecule has 0 atom stereocenters. The summed E-state index contributed by atoms with van der Waals surface area (Å²) in [7, 11) is 1.60. The molecule has 1 amide bonds. The number of nitrogens with zero attached hydrogens (tertiary/aromatic N) is 2. The van der Waals surface area contributed by atoms with Crippen LogP contribution in [0.15, 0.2) is 36.8 Å². The minimum absolute atomic E-state index is 0.119. The summed E-state index contributed by atoms with van der Waals surface area (Å²) in [5.74, 6) is 0.631. The third-order valence-corrected chi connectivity index (χ3v) is 2.60. The highest BCUT2D eigenvalue weighted by Gasteiger charge is 2.04. The van der Waals surface area contributed by atoms with Gasteiger partial charge in [-0.15, -0.1) is 0 Å². The number of hydrogen-bond acceptors (Lipinski definition) is 4. The zero-order chi connectivity index (χ0) is 13.7. The number of nitrogens with two attached hydrogens (primary N) is 1. The van der Waals surface area contributed by atoms with Gasteiger partial charge in [0, 0.05) is 18.4 Å². The van der Waals surface area contributed by atoms with E-state index in [1.54, 1.807) is 48.5 Å². The van der Waals surface area contributed by atoms with Gasteiger partial charge in [-0.05, 0) is 24.3 Å². The number of benzene rings is 1. The molecule has 6 nitrogen and oxygen atoms in total. The van der Waals surface area contributed by atoms with E-state index in [-0.39, 0.29) is 12.5 Å². The quantitative estimate of drug-likeness (QED) is 0.840. The monoisotopic (exact) mass is 260 g/mol. The van der Waals surface area contributed by atoms with E-state index in [0.29, 0.717) is 6.54 Å². The Labute approximate surface area is 111 Å². The maximum Gasteiger partial charge on any atom is 0.244 e. The molecule has 0 aliphatic rings. The summed E-state index contributed by atoms with van der Waals surface area (Å²) in [5, 5.41) is 2.79. The van der Waals surface area contributed by atoms with Crippen LogP contribution in [0.25, 0.3) is 0 Å². The number of methoxy groups -OCH3 is 1. The third-order valence-electron chi connectivity index (χ3n) is 2.60. The first-order valence-electron chi connectivity index (χ1n) is 5.86. The first-order chi connectivity index (χ1) is 9.21. The van der Waals surface area contributed by atoms with Gasteiger partial charge in [0.25, 0.3) is 0 Å². The first-order valence-corrected chi connectivity index (χ1v) is 5.86. The molecule has 0 radical (unpaired) electrons. The molecule has 0 spiro atoms. The van der Waals surface area contributed by atoms with Gasteiger partial charge < -0.3 is 20.4 Å². The van der Waals surface area contributed by atoms with Crippen molar-refractivity contribution in [3.05, 3.63) is 42.5 Å². The van der Waals surface area contributed by atoms with Crippen molar-refractivity contribution < 1.29 is 9.53 Å². The molecule has 0 unspecified atom stereocenters. The lowest BCUT2D eigenvalue weighted by molar-refractivity contribution is -0.116. The van der Waals surface area contributed by atoms with Crippen molar-refractivity contribution in [2.45, 2.75) is 13.1 Å². The number of hydrogen-bond donors (Lipinski definition) is 2. The maximum atomic E-state index is 11.8. The van der Waals surface area contributed by atoms with Crippen molar-refractivity contribution >= 4 is 11.6 Å². The highest BCUT2D eigenvalue weighted by atomic mass is 16.5. The second kappa shape index (κ2) is 6.01. The molecule has 0 bridgehead atoms. The number of carbonyl (C=O) groups excluding carboxylic acids is 1. The van der Waals surface area contributed by atoms with Gasteiger partial charge in [-0.25, -0.2) is 4.98 Å². The summed E-state index contributed by atoms with van der Waals surface area (Å²) >= 11 is 0. The number of rotatable bonds is 5. The second-order valence-corrected chi connectivity index (χ2v) is 4.02. The molecule has 0 aliphatic carbocycles. The number of carbonyl (C=O) groups is 1. The molecule has 0 fully saturated rings. The Morgan fingerprint density at radius 3 is 2.74 bits per heavy atom. The van der Waals surface area contributed by atoms with Gasteiger partial charge in [-0.1, -0.05) is 0 Å². The van der Waals surface area contributed by atoms with Gasteiger partial charge in [-0.3, -0.25) is 4.79 Å². The summed E-state index contributed by atoms with van der Waals surface area (Å²) in [6, 6.07) is 7.16. The fourth-order valence-electron chi connectivity index (χ4n) is 1.64. The van der Waals surface area contributed by atoms with E-state index >= 15 is 0 Å². The van der Waals surface area contributed by atoms with E-state index < -0.39 is 0 Å². The highest BCUT2D eigenvalue weighted by Crippen LogP contribution is 2.14. The standard InChI is InChI=1S/C13H16N4O2/c1-19-12-4-2-10(3-5-12)16-13(18)8-17-7-11(6-14)15-9-17/h2-5,7,9H,6,8,14H2,1H3,(H,16,18). The lowest BCUT2D eigenvalue weighted by Gasteiger charge is -2.06. The largest absolute Gasteiger partial charge is 0.497 e. The molecule has 1 aromatic heterocycles. The second-order valence-electron chi connectivity index (χ2n) is 4.02. The molecule has 0 saturated carbocycles. The minimum atomic E-state index is -0.119. The number of aromatic nitrogens is 2. The Hall–Kier alpha value is -2.34. The summed E-state index contributed by atoms with van der Waals surface area (Å²) in [6.07, 6.45) is 3.35. The van der Waals surface area contributed by atoms with Crippen molar-refractivity contribution in [1.29, 1.82) is 0 Å². The smallest absolute Gasteiger partial charge is 0.244 e. The summed E-state index contributed by atoms with van der Waals surface area (Å²) < 4.78 is 6.74. The van der Waals surface area contributed by atoms with Crippen molar-refractivity contribution in [2.75, 3.05) is 12.4 Å². The zero-order valence-corrected chi connectivity index (χ0v) is 10.7. The lowest BCUT2D eigenvalue weighted by atomic mass is 10.3. The molecule has 0 saturated heterocycles. The van der Waals surface area contributed by atoms with E-state index in [0.717, 1.165) is 17.1 Å². The zero-order valence-electron chi connectivity index (χ0n) is 10.7. The van der Waals surface area contributed by atoms with E-state index in [9.17, 15) is 4.79 Å². The Morgan fingerprint density at radius 1 is 1.42 bits per heavy atom. The van der Waals surface area contributed by atoms with Crippen LogP contribution in [0.4, 0.5) is 5.69 Å². The van der Waals surface area contributed by atoms with Gasteiger partial charge >= 0.3 is 0 Å². The van der Waals surface area contributed by atoms with E-state index in [4.69, 9.17) is 10.5 Å².